The summed E-state index contributed by atoms with van der Waals surface area (Å²) in [5.41, 5.74) is 6.19. The maximum absolute atomic E-state index is 12.7. The molecule has 1 amide bonds. The van der Waals surface area contributed by atoms with E-state index in [0.29, 0.717) is 10.6 Å². The predicted molar refractivity (Wildman–Crippen MR) is 114 cm³/mol. The molecule has 0 heterocycles. The van der Waals surface area contributed by atoms with Crippen molar-refractivity contribution in [3.8, 4) is 0 Å². The molecule has 5 nitrogen and oxygen atoms in total. The summed E-state index contributed by atoms with van der Waals surface area (Å²) in [6.07, 6.45) is -0.0190. The Labute approximate surface area is 223 Å². The number of nitrogens with one attached hydrogen (secondary N) is 2. The molecule has 0 saturated carbocycles. The summed E-state index contributed by atoms with van der Waals surface area (Å²) >= 11 is 15.2. The Morgan fingerprint density at radius 2 is 1.68 bits per heavy atom. The van der Waals surface area contributed by atoms with Crippen molar-refractivity contribution in [3.63, 3.8) is 0 Å². The number of carbonyl (C=O) groups excluding carboxylic acids is 1. The Balaban J connectivity index is 0.00000392. The molecule has 0 aliphatic heterocycles. The number of rotatable bonds is 7. The molecule has 2 N–H and O–H groups in total. The number of thiocarbonyl (C=S) groups is 1. The molecule has 0 fully saturated rings. The van der Waals surface area contributed by atoms with Crippen LogP contribution in [-0.4, -0.2) is 24.4 Å². The van der Waals surface area contributed by atoms with Gasteiger partial charge in [0.25, 0.3) is 0 Å². The number of benzene rings is 2. The fourth-order valence-electron chi connectivity index (χ4n) is 2.59. The van der Waals surface area contributed by atoms with Crippen LogP contribution in [0.4, 0.5) is 0 Å². The van der Waals surface area contributed by atoms with Gasteiger partial charge in [0.2, 0.25) is 5.91 Å². The fraction of sp³-hybridized carbons (Fsp3) is 0.222. The standard InChI is InChI=1S/C18H19ClN2O3S3.K/c19-16-8-6-13(7-9-16)11-27(23,24)12-15(14-4-2-1-3-5-14)10-17(22)20-21-18(25)26;/h1-9,15H,10-12H2,(H,20,22)(H2,21,25,26);/q;+1/p-1. The van der Waals surface area contributed by atoms with Gasteiger partial charge in [-0.25, -0.2) is 8.42 Å². The van der Waals surface area contributed by atoms with Gasteiger partial charge < -0.3 is 30.3 Å². The second-order valence-electron chi connectivity index (χ2n) is 5.95. The second kappa shape index (κ2) is 12.6. The molecule has 0 saturated heterocycles. The molecule has 2 aromatic rings. The van der Waals surface area contributed by atoms with Crippen molar-refractivity contribution < 1.29 is 64.6 Å². The maximum atomic E-state index is 12.7. The van der Waals surface area contributed by atoms with Crippen LogP contribution >= 0.6 is 23.8 Å². The number of hydrogen-bond donors (Lipinski definition) is 2. The average molecular weight is 481 g/mol. The molecule has 0 bridgehead atoms. The first-order chi connectivity index (χ1) is 12.7. The minimum Gasteiger partial charge on any atom is -0.410 e. The molecular weight excluding hydrogens is 463 g/mol. The zero-order valence-corrected chi connectivity index (χ0v) is 21.6. The molecule has 28 heavy (non-hydrogen) atoms. The predicted octanol–water partition coefficient (Wildman–Crippen LogP) is -0.115. The van der Waals surface area contributed by atoms with Crippen molar-refractivity contribution in [3.05, 3.63) is 70.7 Å². The van der Waals surface area contributed by atoms with Crippen LogP contribution < -0.4 is 62.2 Å². The van der Waals surface area contributed by atoms with Crippen molar-refractivity contribution in [2.45, 2.75) is 18.1 Å². The van der Waals surface area contributed by atoms with E-state index in [2.05, 4.69) is 35.7 Å². The van der Waals surface area contributed by atoms with E-state index in [9.17, 15) is 13.2 Å². The molecule has 1 atom stereocenters. The number of hydrazine groups is 1. The number of carbonyl (C=O) groups is 1. The number of halogens is 1. The second-order valence-corrected chi connectivity index (χ2v) is 9.57. The monoisotopic (exact) mass is 480 g/mol. The first kappa shape index (κ1) is 25.9. The van der Waals surface area contributed by atoms with Crippen LogP contribution in [0.5, 0.6) is 0 Å². The van der Waals surface area contributed by atoms with E-state index in [1.807, 2.05) is 18.2 Å². The molecule has 0 aromatic heterocycles. The third-order valence-corrected chi connectivity index (χ3v) is 5.90. The minimum atomic E-state index is -3.46. The van der Waals surface area contributed by atoms with Gasteiger partial charge in [-0.05, 0) is 27.6 Å². The van der Waals surface area contributed by atoms with Crippen LogP contribution in [0.3, 0.4) is 0 Å². The largest absolute Gasteiger partial charge is 1.00 e. The van der Waals surface area contributed by atoms with E-state index in [1.54, 1.807) is 36.4 Å². The number of hydrogen-bond acceptors (Lipinski definition) is 5. The van der Waals surface area contributed by atoms with E-state index >= 15 is 0 Å². The summed E-state index contributed by atoms with van der Waals surface area (Å²) in [7, 11) is -3.46. The van der Waals surface area contributed by atoms with E-state index < -0.39 is 21.7 Å². The van der Waals surface area contributed by atoms with Crippen molar-refractivity contribution >= 4 is 56.5 Å². The van der Waals surface area contributed by atoms with Crippen LogP contribution in [0, 0.1) is 0 Å². The molecule has 0 aliphatic carbocycles. The van der Waals surface area contributed by atoms with Crippen LogP contribution in [0.1, 0.15) is 23.5 Å². The molecule has 0 spiro atoms. The van der Waals surface area contributed by atoms with Gasteiger partial charge in [0.1, 0.15) is 0 Å². The molecule has 0 aliphatic rings. The molecule has 10 heteroatoms. The smallest absolute Gasteiger partial charge is 0.410 e. The quantitative estimate of drug-likeness (QED) is 0.249. The summed E-state index contributed by atoms with van der Waals surface area (Å²) in [4.78, 5) is 12.1. The van der Waals surface area contributed by atoms with E-state index in [0.717, 1.165) is 5.56 Å². The number of sulfone groups is 1. The Bertz CT molecular complexity index is 894. The Hall–Kier alpha value is -0.104. The summed E-state index contributed by atoms with van der Waals surface area (Å²) in [6, 6.07) is 15.7. The minimum absolute atomic E-state index is 0. The van der Waals surface area contributed by atoms with Gasteiger partial charge >= 0.3 is 51.4 Å². The third-order valence-electron chi connectivity index (χ3n) is 3.76. The van der Waals surface area contributed by atoms with Gasteiger partial charge in [-0.2, -0.15) is 0 Å². The zero-order valence-electron chi connectivity index (χ0n) is 15.2. The average Bonchev–Trinajstić information content (AvgIpc) is 2.62. The molecule has 1 unspecified atom stereocenters. The molecule has 2 aromatic carbocycles. The molecule has 2 rings (SSSR count). The van der Waals surface area contributed by atoms with E-state index in [-0.39, 0.29) is 73.6 Å². The van der Waals surface area contributed by atoms with Gasteiger partial charge in [-0.3, -0.25) is 10.2 Å². The summed E-state index contributed by atoms with van der Waals surface area (Å²) in [5.74, 6) is -1.17. The van der Waals surface area contributed by atoms with Crippen LogP contribution in [0.2, 0.25) is 5.02 Å². The van der Waals surface area contributed by atoms with Crippen molar-refractivity contribution in [1.82, 2.24) is 10.9 Å². The summed E-state index contributed by atoms with van der Waals surface area (Å²) < 4.78 is 25.4. The van der Waals surface area contributed by atoms with Crippen molar-refractivity contribution in [2.75, 3.05) is 5.75 Å². The van der Waals surface area contributed by atoms with Crippen LogP contribution in [0.15, 0.2) is 54.6 Å². The van der Waals surface area contributed by atoms with Gasteiger partial charge in [-0.15, -0.1) is 0 Å². The maximum Gasteiger partial charge on any atom is 1.00 e. The van der Waals surface area contributed by atoms with Crippen molar-refractivity contribution in [2.24, 2.45) is 0 Å². The van der Waals surface area contributed by atoms with Gasteiger partial charge in [0.15, 0.2) is 9.84 Å². The van der Waals surface area contributed by atoms with Crippen LogP contribution in [0.25, 0.3) is 0 Å². The molecule has 144 valence electrons. The van der Waals surface area contributed by atoms with Gasteiger partial charge in [0.05, 0.1) is 11.5 Å². The number of amides is 1. The Morgan fingerprint density at radius 1 is 1.07 bits per heavy atom. The zero-order chi connectivity index (χ0) is 19.9. The first-order valence-electron chi connectivity index (χ1n) is 8.01. The van der Waals surface area contributed by atoms with Gasteiger partial charge in [0, 0.05) is 17.4 Å². The van der Waals surface area contributed by atoms with Gasteiger partial charge in [-0.1, -0.05) is 54.1 Å². The Morgan fingerprint density at radius 3 is 2.25 bits per heavy atom. The van der Waals surface area contributed by atoms with Crippen LogP contribution in [-0.2, 0) is 33.0 Å². The SMILES string of the molecule is O=C(CC(CS(=O)(=O)Cc1ccc(Cl)cc1)c1ccccc1)NNC(=S)[S-].[K+]. The molecular formula is C18H18ClKN2O3S3. The van der Waals surface area contributed by atoms with E-state index in [4.69, 9.17) is 11.6 Å². The van der Waals surface area contributed by atoms with Crippen molar-refractivity contribution in [1.29, 1.82) is 0 Å². The summed E-state index contributed by atoms with van der Waals surface area (Å²) in [5, 5.41) is 0.544. The molecule has 0 radical (unpaired) electrons. The van der Waals surface area contributed by atoms with E-state index in [1.165, 1.54) is 0 Å². The normalized spacial score (nSPS) is 11.8. The third kappa shape index (κ3) is 9.60. The Kier molecular flexibility index (Phi) is 11.6. The summed E-state index contributed by atoms with van der Waals surface area (Å²) in [6.45, 7) is 0. The first-order valence-corrected chi connectivity index (χ1v) is 11.0. The topological polar surface area (TPSA) is 75.3 Å². The fourth-order valence-corrected chi connectivity index (χ4v) is 4.56.